The maximum absolute atomic E-state index is 12.5. The van der Waals surface area contributed by atoms with Crippen LogP contribution >= 0.6 is 27.5 Å². The van der Waals surface area contributed by atoms with Crippen LogP contribution in [0.2, 0.25) is 5.02 Å². The molecule has 0 aliphatic carbocycles. The third-order valence-electron chi connectivity index (χ3n) is 2.67. The van der Waals surface area contributed by atoms with Crippen molar-refractivity contribution in [1.82, 2.24) is 0 Å². The lowest BCUT2D eigenvalue weighted by atomic mass is 10.1. The molecule has 1 amide bonds. The van der Waals surface area contributed by atoms with E-state index in [9.17, 15) is 4.79 Å². The Hall–Kier alpha value is -1.52. The molecule has 0 saturated carbocycles. The number of halogens is 2. The summed E-state index contributed by atoms with van der Waals surface area (Å²) in [6, 6.07) is 12.4. The number of anilines is 1. The molecule has 0 spiro atoms. The summed E-state index contributed by atoms with van der Waals surface area (Å²) in [5.74, 6) is 0.276. The van der Waals surface area contributed by atoms with E-state index < -0.39 is 0 Å². The summed E-state index contributed by atoms with van der Waals surface area (Å²) in [4.78, 5) is 12.5. The van der Waals surface area contributed by atoms with Crippen LogP contribution in [0.3, 0.4) is 0 Å². The van der Waals surface area contributed by atoms with Crippen molar-refractivity contribution >= 4 is 39.1 Å². The quantitative estimate of drug-likeness (QED) is 0.811. The van der Waals surface area contributed by atoms with Crippen molar-refractivity contribution in [3.05, 3.63) is 57.5 Å². The van der Waals surface area contributed by atoms with Gasteiger partial charge in [0.1, 0.15) is 5.75 Å². The van der Waals surface area contributed by atoms with Crippen molar-refractivity contribution in [3.8, 4) is 5.75 Å². The fourth-order valence-electron chi connectivity index (χ4n) is 1.79. The zero-order valence-corrected chi connectivity index (χ0v) is 14.0. The van der Waals surface area contributed by atoms with Crippen LogP contribution in [0.25, 0.3) is 0 Å². The molecule has 110 valence electrons. The van der Waals surface area contributed by atoms with E-state index in [0.717, 1.165) is 4.47 Å². The lowest BCUT2D eigenvalue weighted by molar-refractivity contribution is 0.102. The summed E-state index contributed by atoms with van der Waals surface area (Å²) in [5, 5.41) is 3.29. The van der Waals surface area contributed by atoms with E-state index in [0.29, 0.717) is 22.0 Å². The Morgan fingerprint density at radius 1 is 1.24 bits per heavy atom. The van der Waals surface area contributed by atoms with E-state index >= 15 is 0 Å². The van der Waals surface area contributed by atoms with E-state index in [-0.39, 0.29) is 12.0 Å². The Morgan fingerprint density at radius 2 is 1.95 bits per heavy atom. The standard InChI is InChI=1S/C16H15BrClNO2/c1-10(2)21-15-8-7-11(17)9-12(15)16(20)19-14-6-4-3-5-13(14)18/h3-10H,1-2H3,(H,19,20). The average Bonchev–Trinajstić information content (AvgIpc) is 2.43. The van der Waals surface area contributed by atoms with Crippen LogP contribution in [0, 0.1) is 0 Å². The molecule has 3 nitrogen and oxygen atoms in total. The average molecular weight is 369 g/mol. The van der Waals surface area contributed by atoms with Crippen LogP contribution in [0.4, 0.5) is 5.69 Å². The number of benzene rings is 2. The summed E-state index contributed by atoms with van der Waals surface area (Å²) in [5.41, 5.74) is 1.03. The van der Waals surface area contributed by atoms with Gasteiger partial charge < -0.3 is 10.1 Å². The monoisotopic (exact) mass is 367 g/mol. The van der Waals surface area contributed by atoms with Gasteiger partial charge in [0.05, 0.1) is 22.4 Å². The molecular weight excluding hydrogens is 354 g/mol. The number of para-hydroxylation sites is 1. The summed E-state index contributed by atoms with van der Waals surface area (Å²) in [6.45, 7) is 3.83. The maximum Gasteiger partial charge on any atom is 0.259 e. The number of amides is 1. The lowest BCUT2D eigenvalue weighted by Gasteiger charge is -2.15. The second-order valence-electron chi connectivity index (χ2n) is 4.74. The smallest absolute Gasteiger partial charge is 0.259 e. The first-order valence-electron chi connectivity index (χ1n) is 6.49. The zero-order valence-electron chi connectivity index (χ0n) is 11.7. The van der Waals surface area contributed by atoms with Crippen molar-refractivity contribution < 1.29 is 9.53 Å². The van der Waals surface area contributed by atoms with Crippen LogP contribution in [-0.4, -0.2) is 12.0 Å². The maximum atomic E-state index is 12.5. The molecule has 0 saturated heterocycles. The van der Waals surface area contributed by atoms with Gasteiger partial charge in [0.25, 0.3) is 5.91 Å². The number of carbonyl (C=O) groups excluding carboxylic acids is 1. The normalized spacial score (nSPS) is 10.5. The van der Waals surface area contributed by atoms with Gasteiger partial charge in [-0.2, -0.15) is 0 Å². The third-order valence-corrected chi connectivity index (χ3v) is 3.49. The molecule has 0 aliphatic rings. The predicted octanol–water partition coefficient (Wildman–Crippen LogP) is 5.14. The van der Waals surface area contributed by atoms with Crippen molar-refractivity contribution in [2.45, 2.75) is 20.0 Å². The third kappa shape index (κ3) is 4.22. The van der Waals surface area contributed by atoms with Gasteiger partial charge in [-0.05, 0) is 44.2 Å². The van der Waals surface area contributed by atoms with Gasteiger partial charge in [-0.25, -0.2) is 0 Å². The van der Waals surface area contributed by atoms with Crippen molar-refractivity contribution in [2.75, 3.05) is 5.32 Å². The van der Waals surface area contributed by atoms with Gasteiger partial charge in [-0.1, -0.05) is 39.7 Å². The highest BCUT2D eigenvalue weighted by molar-refractivity contribution is 9.10. The molecular formula is C16H15BrClNO2. The van der Waals surface area contributed by atoms with Crippen LogP contribution in [0.15, 0.2) is 46.9 Å². The summed E-state index contributed by atoms with van der Waals surface area (Å²) < 4.78 is 6.48. The Kier molecular flexibility index (Phi) is 5.26. The van der Waals surface area contributed by atoms with Gasteiger partial charge in [0.2, 0.25) is 0 Å². The Balaban J connectivity index is 2.30. The summed E-state index contributed by atoms with van der Waals surface area (Å²) in [7, 11) is 0. The van der Waals surface area contributed by atoms with Gasteiger partial charge in [-0.3, -0.25) is 4.79 Å². The second kappa shape index (κ2) is 6.96. The molecule has 2 rings (SSSR count). The SMILES string of the molecule is CC(C)Oc1ccc(Br)cc1C(=O)Nc1ccccc1Cl. The number of carbonyl (C=O) groups is 1. The van der Waals surface area contributed by atoms with E-state index in [4.69, 9.17) is 16.3 Å². The summed E-state index contributed by atoms with van der Waals surface area (Å²) >= 11 is 9.43. The van der Waals surface area contributed by atoms with Gasteiger partial charge in [-0.15, -0.1) is 0 Å². The van der Waals surface area contributed by atoms with Crippen LogP contribution in [0.5, 0.6) is 5.75 Å². The first kappa shape index (κ1) is 15.9. The number of ether oxygens (including phenoxy) is 1. The Bertz CT molecular complexity index is 658. The minimum absolute atomic E-state index is 0.0157. The molecule has 0 heterocycles. The van der Waals surface area contributed by atoms with Crippen LogP contribution in [0.1, 0.15) is 24.2 Å². The molecule has 1 N–H and O–H groups in total. The van der Waals surface area contributed by atoms with Crippen LogP contribution < -0.4 is 10.1 Å². The molecule has 0 fully saturated rings. The van der Waals surface area contributed by atoms with Gasteiger partial charge in [0.15, 0.2) is 0 Å². The van der Waals surface area contributed by atoms with Crippen molar-refractivity contribution in [3.63, 3.8) is 0 Å². The van der Waals surface area contributed by atoms with E-state index in [2.05, 4.69) is 21.2 Å². The molecule has 0 aliphatic heterocycles. The molecule has 2 aromatic rings. The van der Waals surface area contributed by atoms with E-state index in [1.165, 1.54) is 0 Å². The van der Waals surface area contributed by atoms with Crippen molar-refractivity contribution in [2.24, 2.45) is 0 Å². The lowest BCUT2D eigenvalue weighted by Crippen LogP contribution is -2.16. The van der Waals surface area contributed by atoms with E-state index in [1.807, 2.05) is 32.0 Å². The number of nitrogens with one attached hydrogen (secondary N) is 1. The molecule has 2 aromatic carbocycles. The molecule has 0 unspecified atom stereocenters. The minimum Gasteiger partial charge on any atom is -0.490 e. The largest absolute Gasteiger partial charge is 0.490 e. The molecule has 21 heavy (non-hydrogen) atoms. The first-order chi connectivity index (χ1) is 9.97. The van der Waals surface area contributed by atoms with Gasteiger partial charge in [0, 0.05) is 4.47 Å². The fourth-order valence-corrected chi connectivity index (χ4v) is 2.33. The minimum atomic E-state index is -0.264. The number of hydrogen-bond acceptors (Lipinski definition) is 2. The highest BCUT2D eigenvalue weighted by Gasteiger charge is 2.15. The zero-order chi connectivity index (χ0) is 15.4. The molecule has 0 aromatic heterocycles. The first-order valence-corrected chi connectivity index (χ1v) is 7.66. The molecule has 0 atom stereocenters. The fraction of sp³-hybridized carbons (Fsp3) is 0.188. The van der Waals surface area contributed by atoms with Crippen LogP contribution in [-0.2, 0) is 0 Å². The number of hydrogen-bond donors (Lipinski definition) is 1. The van der Waals surface area contributed by atoms with Gasteiger partial charge >= 0.3 is 0 Å². The van der Waals surface area contributed by atoms with E-state index in [1.54, 1.807) is 24.3 Å². The number of rotatable bonds is 4. The summed E-state index contributed by atoms with van der Waals surface area (Å²) in [6.07, 6.45) is -0.0157. The van der Waals surface area contributed by atoms with Crippen molar-refractivity contribution in [1.29, 1.82) is 0 Å². The molecule has 0 bridgehead atoms. The second-order valence-corrected chi connectivity index (χ2v) is 6.06. The Labute approximate surface area is 137 Å². The Morgan fingerprint density at radius 3 is 2.62 bits per heavy atom. The highest BCUT2D eigenvalue weighted by atomic mass is 79.9. The topological polar surface area (TPSA) is 38.3 Å². The molecule has 0 radical (unpaired) electrons. The molecule has 5 heteroatoms. The predicted molar refractivity (Wildman–Crippen MR) is 89.3 cm³/mol. The highest BCUT2D eigenvalue weighted by Crippen LogP contribution is 2.27.